The Bertz CT molecular complexity index is 56.9. The number of hydrogen-bond acceptors (Lipinski definition) is 1. The van der Waals surface area contributed by atoms with Crippen LogP contribution in [-0.2, 0) is 4.57 Å². The summed E-state index contributed by atoms with van der Waals surface area (Å²) in [5.41, 5.74) is 0. The Morgan fingerprint density at radius 2 is 1.50 bits per heavy atom. The number of hydrogen-bond donors (Lipinski definition) is 2. The Labute approximate surface area is 76.9 Å². The van der Waals surface area contributed by atoms with Crippen molar-refractivity contribution < 1.29 is 14.4 Å². The van der Waals surface area contributed by atoms with Crippen molar-refractivity contribution in [1.82, 2.24) is 0 Å². The van der Waals surface area contributed by atoms with Crippen LogP contribution < -0.4 is 0 Å². The van der Waals surface area contributed by atoms with Gasteiger partial charge in [-0.15, -0.1) is 0 Å². The van der Waals surface area contributed by atoms with Crippen LogP contribution in [0, 0.1) is 0 Å². The van der Waals surface area contributed by atoms with Gasteiger partial charge in [-0.1, -0.05) is 0 Å². The molecule has 0 aliphatic rings. The molecule has 0 bridgehead atoms. The van der Waals surface area contributed by atoms with Crippen molar-refractivity contribution in [3.05, 3.63) is 0 Å². The molecule has 0 aliphatic carbocycles. The maximum atomic E-state index is 9.09. The average molecular weight is 206 g/mol. The molecule has 6 heavy (non-hydrogen) atoms. The second-order valence-electron chi connectivity index (χ2n) is 0.473. The molecule has 0 aromatic heterocycles. The summed E-state index contributed by atoms with van der Waals surface area (Å²) in [7, 11) is 0. The van der Waals surface area contributed by atoms with Gasteiger partial charge in [0.1, 0.15) is 0 Å². The van der Waals surface area contributed by atoms with Gasteiger partial charge in [0.2, 0.25) is 0 Å². The topological polar surface area (TPSA) is 57.5 Å². The van der Waals surface area contributed by atoms with Gasteiger partial charge in [0.25, 0.3) is 0 Å². The molecule has 0 aromatic rings. The molecule has 0 radical (unpaired) electrons. The summed E-state index contributed by atoms with van der Waals surface area (Å²) in [5, 5.41) is 0. The average Bonchev–Trinajstić information content (AvgIpc) is 0.722. The predicted octanol–water partition coefficient (Wildman–Crippen LogP) is -0.598. The van der Waals surface area contributed by atoms with Crippen LogP contribution in [-0.4, -0.2) is 55.3 Å². The van der Waals surface area contributed by atoms with Crippen molar-refractivity contribution in [2.45, 2.75) is 0 Å². The van der Waals surface area contributed by atoms with Crippen LogP contribution in [0.5, 0.6) is 0 Å². The SMILES string of the molecule is O=P(O)(O)Cl.[SrH2]. The fraction of sp³-hybridized carbons (Fsp3) is 0. The van der Waals surface area contributed by atoms with Crippen LogP contribution in [0.4, 0.5) is 0 Å². The van der Waals surface area contributed by atoms with Gasteiger partial charge in [-0.05, 0) is 0 Å². The molecule has 0 fully saturated rings. The summed E-state index contributed by atoms with van der Waals surface area (Å²) in [6.07, 6.45) is 0. The molecule has 36 valence electrons. The fourth-order valence-electron chi connectivity index (χ4n) is 0. The van der Waals surface area contributed by atoms with Crippen LogP contribution in [0.2, 0.25) is 0 Å². The van der Waals surface area contributed by atoms with Crippen LogP contribution in [0.25, 0.3) is 0 Å². The van der Waals surface area contributed by atoms with E-state index < -0.39 is 6.95 Å². The van der Waals surface area contributed by atoms with E-state index in [9.17, 15) is 0 Å². The molecular weight excluding hydrogens is 202 g/mol. The van der Waals surface area contributed by atoms with Gasteiger partial charge in [-0.25, -0.2) is 4.57 Å². The summed E-state index contributed by atoms with van der Waals surface area (Å²) >= 11 is 4.20. The van der Waals surface area contributed by atoms with Crippen molar-refractivity contribution in [3.8, 4) is 0 Å². The molecule has 6 heteroatoms. The van der Waals surface area contributed by atoms with Crippen molar-refractivity contribution in [3.63, 3.8) is 0 Å². The van der Waals surface area contributed by atoms with Gasteiger partial charge in [0, 0.05) is 11.2 Å². The summed E-state index contributed by atoms with van der Waals surface area (Å²) in [4.78, 5) is 14.8. The monoisotopic (exact) mass is 206 g/mol. The molecule has 0 unspecified atom stereocenters. The Kier molecular flexibility index (Phi) is 6.97. The van der Waals surface area contributed by atoms with Gasteiger partial charge in [-0.3, -0.25) is 0 Å². The van der Waals surface area contributed by atoms with E-state index in [2.05, 4.69) is 11.2 Å². The molecule has 0 spiro atoms. The fourth-order valence-corrected chi connectivity index (χ4v) is 0. The number of halogens is 1. The second kappa shape index (κ2) is 3.87. The standard InChI is InChI=1S/ClH2O3P.Sr.2H/c1-5(2,3)4;;;/h(H2,2,3,4);;;. The van der Waals surface area contributed by atoms with E-state index in [0.717, 1.165) is 0 Å². The van der Waals surface area contributed by atoms with Crippen molar-refractivity contribution >= 4 is 63.7 Å². The molecule has 0 aromatic carbocycles. The summed E-state index contributed by atoms with van der Waals surface area (Å²) in [6.45, 7) is -4.17. The van der Waals surface area contributed by atoms with Crippen LogP contribution in [0.1, 0.15) is 0 Å². The van der Waals surface area contributed by atoms with Gasteiger partial charge < -0.3 is 9.79 Å². The van der Waals surface area contributed by atoms with Crippen molar-refractivity contribution in [1.29, 1.82) is 0 Å². The molecule has 3 nitrogen and oxygen atoms in total. The zero-order valence-electron chi connectivity index (χ0n) is 2.13. The zero-order valence-corrected chi connectivity index (χ0v) is 3.78. The van der Waals surface area contributed by atoms with E-state index in [1.807, 2.05) is 0 Å². The Balaban J connectivity index is 0. The second-order valence-corrected chi connectivity index (χ2v) is 2.74. The molecule has 0 aliphatic heterocycles. The van der Waals surface area contributed by atoms with Gasteiger partial charge in [0.05, 0.1) is 0 Å². The third-order valence-electron chi connectivity index (χ3n) is 0. The Morgan fingerprint density at radius 1 is 1.50 bits per heavy atom. The minimum absolute atomic E-state index is 0. The first kappa shape index (κ1) is 10.8. The first-order valence-corrected chi connectivity index (χ1v) is 3.27. The van der Waals surface area contributed by atoms with Crippen LogP contribution in [0.3, 0.4) is 0 Å². The van der Waals surface area contributed by atoms with E-state index in [0.29, 0.717) is 0 Å². The molecule has 0 amide bonds. The van der Waals surface area contributed by atoms with Crippen molar-refractivity contribution in [2.24, 2.45) is 0 Å². The Morgan fingerprint density at radius 3 is 1.50 bits per heavy atom. The summed E-state index contributed by atoms with van der Waals surface area (Å²) in [5.74, 6) is 0. The van der Waals surface area contributed by atoms with E-state index in [1.165, 1.54) is 0 Å². The zero-order chi connectivity index (χ0) is 4.50. The third kappa shape index (κ3) is 38.9. The molecule has 0 saturated heterocycles. The molecule has 0 rings (SSSR count). The molecule has 0 atom stereocenters. The first-order chi connectivity index (χ1) is 2.00. The van der Waals surface area contributed by atoms with Crippen LogP contribution in [0.15, 0.2) is 0 Å². The predicted molar refractivity (Wildman–Crippen MR) is 26.4 cm³/mol. The van der Waals surface area contributed by atoms with Crippen molar-refractivity contribution in [2.75, 3.05) is 0 Å². The van der Waals surface area contributed by atoms with E-state index in [-0.39, 0.29) is 45.5 Å². The van der Waals surface area contributed by atoms with E-state index in [4.69, 9.17) is 14.4 Å². The molecule has 0 saturated carbocycles. The Hall–Kier alpha value is 1.92. The van der Waals surface area contributed by atoms with Gasteiger partial charge in [-0.2, -0.15) is 0 Å². The first-order valence-electron chi connectivity index (χ1n) is 0.752. The normalized spacial score (nSPS) is 9.83. The van der Waals surface area contributed by atoms with Crippen LogP contribution >= 0.6 is 18.2 Å². The minimum atomic E-state index is -4.17. The molecule has 0 heterocycles. The molecular formula is H4ClO3PSr. The van der Waals surface area contributed by atoms with E-state index >= 15 is 0 Å². The van der Waals surface area contributed by atoms with Gasteiger partial charge >= 0.3 is 52.4 Å². The molecule has 2 N–H and O–H groups in total. The van der Waals surface area contributed by atoms with E-state index in [1.54, 1.807) is 0 Å². The quantitative estimate of drug-likeness (QED) is 0.411. The third-order valence-corrected chi connectivity index (χ3v) is 0. The maximum absolute atomic E-state index is 9.09. The summed E-state index contributed by atoms with van der Waals surface area (Å²) < 4.78 is 9.09. The number of rotatable bonds is 0. The summed E-state index contributed by atoms with van der Waals surface area (Å²) in [6, 6.07) is 0. The van der Waals surface area contributed by atoms with Gasteiger partial charge in [0.15, 0.2) is 0 Å².